The van der Waals surface area contributed by atoms with Gasteiger partial charge >= 0.3 is 15.9 Å². The second kappa shape index (κ2) is 11.5. The molecule has 11 heteroatoms. The number of hydrogen-bond acceptors (Lipinski definition) is 6. The first-order valence-corrected chi connectivity index (χ1v) is 12.5. The first-order chi connectivity index (χ1) is 13.8. The molecule has 0 aliphatic rings. The fourth-order valence-corrected chi connectivity index (χ4v) is 4.37. The summed E-state index contributed by atoms with van der Waals surface area (Å²) in [6.45, 7) is 4.71. The molecule has 2 N–H and O–H groups in total. The zero-order chi connectivity index (χ0) is 21.3. The van der Waals surface area contributed by atoms with Gasteiger partial charge in [0, 0.05) is 22.0 Å². The summed E-state index contributed by atoms with van der Waals surface area (Å²) < 4.78 is 33.6. The predicted molar refractivity (Wildman–Crippen MR) is 110 cm³/mol. The van der Waals surface area contributed by atoms with Crippen LogP contribution in [0.1, 0.15) is 50.4 Å². The molecule has 9 nitrogen and oxygen atoms in total. The van der Waals surface area contributed by atoms with Crippen LogP contribution >= 0.6 is 15.9 Å². The van der Waals surface area contributed by atoms with Crippen molar-refractivity contribution in [2.45, 2.75) is 52.4 Å². The van der Waals surface area contributed by atoms with E-state index < -0.39 is 15.9 Å². The lowest BCUT2D eigenvalue weighted by Crippen LogP contribution is -2.02. The average Bonchev–Trinajstić information content (AvgIpc) is 3.02. The smallest absolute Gasteiger partial charge is 0.477 e. The van der Waals surface area contributed by atoms with Gasteiger partial charge in [0.25, 0.3) is 0 Å². The number of unbranched alkanes of at least 4 members (excludes halogenated alkanes) is 3. The molecule has 0 aromatic carbocycles. The number of fused-ring (bicyclic) bond motifs is 1. The Morgan fingerprint density at radius 2 is 2.07 bits per heavy atom. The summed E-state index contributed by atoms with van der Waals surface area (Å²) in [7, 11) is -7.19. The number of nitrogens with zero attached hydrogens (tertiary/aromatic N) is 3. The Bertz CT molecular complexity index is 899. The first-order valence-electron chi connectivity index (χ1n) is 9.62. The number of ether oxygens (including phenoxy) is 1. The molecule has 160 valence electrons. The molecule has 29 heavy (non-hydrogen) atoms. The van der Waals surface area contributed by atoms with Crippen molar-refractivity contribution in [3.63, 3.8) is 0 Å². The Hall–Kier alpha value is -1.63. The van der Waals surface area contributed by atoms with Crippen LogP contribution in [0.4, 0.5) is 0 Å². The van der Waals surface area contributed by atoms with Crippen LogP contribution in [0.25, 0.3) is 5.65 Å². The summed E-state index contributed by atoms with van der Waals surface area (Å²) in [5.74, 6) is 0.549. The van der Waals surface area contributed by atoms with E-state index in [2.05, 4.69) is 21.3 Å². The van der Waals surface area contributed by atoms with Gasteiger partial charge in [-0.15, -0.1) is 9.99 Å². The summed E-state index contributed by atoms with van der Waals surface area (Å²) >= 11 is 0. The van der Waals surface area contributed by atoms with Crippen molar-refractivity contribution < 1.29 is 28.0 Å². The van der Waals surface area contributed by atoms with E-state index >= 15 is 0 Å². The summed E-state index contributed by atoms with van der Waals surface area (Å²) in [6, 6.07) is 3.76. The minimum absolute atomic E-state index is 0.322. The molecule has 2 atom stereocenters. The maximum Gasteiger partial charge on any atom is 0.703 e. The van der Waals surface area contributed by atoms with E-state index in [1.807, 2.05) is 19.1 Å². The molecular formula is C18H28N3O6P2+. The third kappa shape index (κ3) is 8.33. The van der Waals surface area contributed by atoms with E-state index in [-0.39, 0.29) is 6.16 Å². The van der Waals surface area contributed by atoms with Gasteiger partial charge in [-0.1, -0.05) is 38.3 Å². The highest BCUT2D eigenvalue weighted by Crippen LogP contribution is 2.49. The number of allylic oxidation sites excluding steroid dienone is 2. The molecular weight excluding hydrogens is 416 g/mol. The minimum atomic E-state index is -4.09. The maximum absolute atomic E-state index is 11.5. The monoisotopic (exact) mass is 444 g/mol. The molecule has 0 fully saturated rings. The number of aromatic nitrogens is 3. The van der Waals surface area contributed by atoms with Gasteiger partial charge in [-0.2, -0.15) is 0 Å². The SMILES string of the molecule is CCCCCCOc1cc2nc(C)cc(CCC=CCP(=O)(O)O[P+](=O)O)n2n1. The van der Waals surface area contributed by atoms with Crippen molar-refractivity contribution in [1.29, 1.82) is 0 Å². The van der Waals surface area contributed by atoms with Crippen molar-refractivity contribution in [3.05, 3.63) is 35.7 Å². The molecule has 0 aliphatic heterocycles. The molecule has 2 aromatic rings. The molecule has 2 heterocycles. The van der Waals surface area contributed by atoms with Gasteiger partial charge in [-0.25, -0.2) is 9.50 Å². The van der Waals surface area contributed by atoms with Crippen molar-refractivity contribution in [3.8, 4) is 5.88 Å². The van der Waals surface area contributed by atoms with Gasteiger partial charge in [0.15, 0.2) is 5.65 Å². The molecule has 0 spiro atoms. The number of aryl methyl sites for hydroxylation is 2. The third-order valence-electron chi connectivity index (χ3n) is 4.12. The van der Waals surface area contributed by atoms with E-state index in [0.717, 1.165) is 24.2 Å². The zero-order valence-corrected chi connectivity index (χ0v) is 18.5. The molecule has 0 saturated carbocycles. The van der Waals surface area contributed by atoms with Gasteiger partial charge < -0.3 is 9.63 Å². The highest BCUT2D eigenvalue weighted by molar-refractivity contribution is 7.59. The van der Waals surface area contributed by atoms with Crippen LogP contribution in [0.3, 0.4) is 0 Å². The van der Waals surface area contributed by atoms with E-state index in [0.29, 0.717) is 31.0 Å². The van der Waals surface area contributed by atoms with Gasteiger partial charge in [-0.3, -0.25) is 4.57 Å². The fraction of sp³-hybridized carbons (Fsp3) is 0.556. The molecule has 0 amide bonds. The first kappa shape index (κ1) is 23.6. The third-order valence-corrected chi connectivity index (χ3v) is 6.37. The van der Waals surface area contributed by atoms with Gasteiger partial charge in [0.05, 0.1) is 12.8 Å². The van der Waals surface area contributed by atoms with E-state index in [9.17, 15) is 14.0 Å². The van der Waals surface area contributed by atoms with Crippen molar-refractivity contribution in [2.24, 2.45) is 0 Å². The van der Waals surface area contributed by atoms with Crippen molar-refractivity contribution in [2.75, 3.05) is 12.8 Å². The minimum Gasteiger partial charge on any atom is -0.477 e. The van der Waals surface area contributed by atoms with Crippen LogP contribution in [-0.2, 0) is 19.9 Å². The van der Waals surface area contributed by atoms with Crippen LogP contribution < -0.4 is 4.74 Å². The Kier molecular flexibility index (Phi) is 9.40. The van der Waals surface area contributed by atoms with E-state index in [1.165, 1.54) is 18.9 Å². The van der Waals surface area contributed by atoms with E-state index in [1.54, 1.807) is 10.6 Å². The summed E-state index contributed by atoms with van der Waals surface area (Å²) in [5, 5.41) is 4.49. The highest BCUT2D eigenvalue weighted by Gasteiger charge is 2.31. The van der Waals surface area contributed by atoms with Crippen LogP contribution in [0.2, 0.25) is 0 Å². The molecule has 2 unspecified atom stereocenters. The standard InChI is InChI=1S/C18H27N3O6P2/c1-3-4-5-8-11-26-18-14-17-19-15(2)13-16(21(17)20-18)10-7-6-9-12-29(24,25)27-28(22)23/h6,9,13-14H,3-5,7-8,10-12H2,1-2H3,(H-,22,23,24,25)/p+1. The second-order valence-electron chi connectivity index (χ2n) is 6.70. The van der Waals surface area contributed by atoms with Crippen LogP contribution in [-0.4, -0.2) is 37.2 Å². The summed E-state index contributed by atoms with van der Waals surface area (Å²) in [6.07, 6.45) is 8.62. The molecule has 2 aromatic heterocycles. The summed E-state index contributed by atoms with van der Waals surface area (Å²) in [4.78, 5) is 22.5. The quantitative estimate of drug-likeness (QED) is 0.266. The highest BCUT2D eigenvalue weighted by atomic mass is 31.2. The second-order valence-corrected chi connectivity index (χ2v) is 9.47. The number of hydrogen-bond donors (Lipinski definition) is 2. The Morgan fingerprint density at radius 3 is 2.79 bits per heavy atom. The molecule has 0 bridgehead atoms. The van der Waals surface area contributed by atoms with Crippen LogP contribution in [0.5, 0.6) is 5.88 Å². The summed E-state index contributed by atoms with van der Waals surface area (Å²) in [5.41, 5.74) is 2.53. The Labute approximate surface area is 171 Å². The van der Waals surface area contributed by atoms with Crippen LogP contribution in [0, 0.1) is 6.92 Å². The van der Waals surface area contributed by atoms with Gasteiger partial charge in [-0.05, 0) is 36.6 Å². The lowest BCUT2D eigenvalue weighted by Gasteiger charge is -2.04. The molecule has 0 radical (unpaired) electrons. The fourth-order valence-electron chi connectivity index (χ4n) is 2.81. The zero-order valence-electron chi connectivity index (χ0n) is 16.7. The predicted octanol–water partition coefficient (Wildman–Crippen LogP) is 4.34. The number of rotatable bonds is 13. The normalized spacial score (nSPS) is 14.4. The molecule has 2 rings (SSSR count). The van der Waals surface area contributed by atoms with Crippen molar-refractivity contribution >= 4 is 21.5 Å². The lowest BCUT2D eigenvalue weighted by atomic mass is 10.2. The molecule has 0 saturated heterocycles. The molecule has 0 aliphatic carbocycles. The maximum atomic E-state index is 11.5. The topological polar surface area (TPSA) is 123 Å². The van der Waals surface area contributed by atoms with Gasteiger partial charge in [0.1, 0.15) is 0 Å². The lowest BCUT2D eigenvalue weighted by molar-refractivity contribution is 0.292. The Morgan fingerprint density at radius 1 is 1.28 bits per heavy atom. The van der Waals surface area contributed by atoms with Gasteiger partial charge in [0.2, 0.25) is 5.88 Å². The average molecular weight is 444 g/mol. The van der Waals surface area contributed by atoms with Crippen LogP contribution in [0.15, 0.2) is 24.3 Å². The largest absolute Gasteiger partial charge is 0.703 e. The Balaban J connectivity index is 1.95. The van der Waals surface area contributed by atoms with Crippen molar-refractivity contribution in [1.82, 2.24) is 14.6 Å². The van der Waals surface area contributed by atoms with E-state index in [4.69, 9.17) is 9.63 Å².